The first-order chi connectivity index (χ1) is 9.51. The molecule has 0 aromatic rings. The molecule has 0 spiro atoms. The molecule has 0 radical (unpaired) electrons. The second-order valence-electron chi connectivity index (χ2n) is 6.90. The fourth-order valence-corrected chi connectivity index (χ4v) is 2.30. The van der Waals surface area contributed by atoms with Gasteiger partial charge < -0.3 is 20.4 Å². The molecule has 0 aromatic carbocycles. The minimum Gasteiger partial charge on any atom is -0.481 e. The highest BCUT2D eigenvalue weighted by Crippen LogP contribution is 2.29. The number of urea groups is 1. The van der Waals surface area contributed by atoms with Crippen molar-refractivity contribution in [3.8, 4) is 0 Å². The summed E-state index contributed by atoms with van der Waals surface area (Å²) in [6, 6.07) is -0.273. The van der Waals surface area contributed by atoms with E-state index in [9.17, 15) is 14.7 Å². The van der Waals surface area contributed by atoms with Crippen molar-refractivity contribution >= 4 is 12.0 Å². The smallest absolute Gasteiger partial charge is 0.317 e. The molecular formula is C15H26N2O4. The van der Waals surface area contributed by atoms with Crippen LogP contribution < -0.4 is 5.32 Å². The Bertz CT molecular complexity index is 435. The van der Waals surface area contributed by atoms with Crippen molar-refractivity contribution in [1.29, 1.82) is 0 Å². The standard InChI is InChI=1S/C15H26N2O4/c1-14(2,3)11-5-7-17(8-6-11)13(20)16-10-15(4,21)9-12(18)19/h5,21H,6-10H2,1-4H3,(H,16,20)(H,18,19). The third-order valence-electron chi connectivity index (χ3n) is 3.61. The van der Waals surface area contributed by atoms with Gasteiger partial charge in [0.15, 0.2) is 0 Å². The zero-order valence-electron chi connectivity index (χ0n) is 13.3. The van der Waals surface area contributed by atoms with Gasteiger partial charge in [-0.1, -0.05) is 32.4 Å². The number of carboxylic acids is 1. The predicted molar refractivity (Wildman–Crippen MR) is 80.0 cm³/mol. The number of nitrogens with zero attached hydrogens (tertiary/aromatic N) is 1. The molecule has 3 N–H and O–H groups in total. The molecule has 0 aromatic heterocycles. The normalized spacial score (nSPS) is 18.7. The fraction of sp³-hybridized carbons (Fsp3) is 0.733. The highest BCUT2D eigenvalue weighted by molar-refractivity contribution is 5.75. The monoisotopic (exact) mass is 298 g/mol. The third-order valence-corrected chi connectivity index (χ3v) is 3.61. The first-order valence-electron chi connectivity index (χ1n) is 7.18. The summed E-state index contributed by atoms with van der Waals surface area (Å²) in [4.78, 5) is 24.3. The lowest BCUT2D eigenvalue weighted by atomic mass is 9.83. The van der Waals surface area contributed by atoms with Crippen LogP contribution in [-0.4, -0.2) is 52.3 Å². The lowest BCUT2D eigenvalue weighted by Gasteiger charge is -2.33. The zero-order valence-corrected chi connectivity index (χ0v) is 13.3. The fourth-order valence-electron chi connectivity index (χ4n) is 2.30. The highest BCUT2D eigenvalue weighted by atomic mass is 16.4. The second-order valence-corrected chi connectivity index (χ2v) is 6.90. The van der Waals surface area contributed by atoms with Crippen molar-refractivity contribution in [2.45, 2.75) is 46.1 Å². The van der Waals surface area contributed by atoms with E-state index in [0.29, 0.717) is 13.1 Å². The Kier molecular flexibility index (Phi) is 5.39. The van der Waals surface area contributed by atoms with Gasteiger partial charge in [-0.15, -0.1) is 0 Å². The van der Waals surface area contributed by atoms with Crippen LogP contribution in [0.15, 0.2) is 11.6 Å². The Morgan fingerprint density at radius 1 is 1.33 bits per heavy atom. The number of hydrogen-bond acceptors (Lipinski definition) is 3. The number of carbonyl (C=O) groups excluding carboxylic acids is 1. The topological polar surface area (TPSA) is 89.9 Å². The maximum atomic E-state index is 12.0. The molecule has 0 fully saturated rings. The maximum absolute atomic E-state index is 12.0. The third kappa shape index (κ3) is 5.75. The molecule has 1 aliphatic heterocycles. The van der Waals surface area contributed by atoms with Crippen molar-refractivity contribution in [3.05, 3.63) is 11.6 Å². The summed E-state index contributed by atoms with van der Waals surface area (Å²) < 4.78 is 0. The Morgan fingerprint density at radius 3 is 2.38 bits per heavy atom. The van der Waals surface area contributed by atoms with Gasteiger partial charge in [-0.2, -0.15) is 0 Å². The Morgan fingerprint density at radius 2 is 1.95 bits per heavy atom. The van der Waals surface area contributed by atoms with Crippen LogP contribution >= 0.6 is 0 Å². The quantitative estimate of drug-likeness (QED) is 0.688. The summed E-state index contributed by atoms with van der Waals surface area (Å²) in [5.74, 6) is -1.09. The maximum Gasteiger partial charge on any atom is 0.317 e. The number of rotatable bonds is 4. The summed E-state index contributed by atoms with van der Waals surface area (Å²) in [6.45, 7) is 8.95. The molecular weight excluding hydrogens is 272 g/mol. The molecule has 0 saturated heterocycles. The van der Waals surface area contributed by atoms with Crippen molar-refractivity contribution in [2.75, 3.05) is 19.6 Å². The Labute approximate surface area is 125 Å². The summed E-state index contributed by atoms with van der Waals surface area (Å²) in [6.07, 6.45) is 2.50. The van der Waals surface area contributed by atoms with Crippen molar-refractivity contribution in [3.63, 3.8) is 0 Å². The average molecular weight is 298 g/mol. The number of nitrogens with one attached hydrogen (secondary N) is 1. The van der Waals surface area contributed by atoms with E-state index < -0.39 is 18.0 Å². The van der Waals surface area contributed by atoms with Gasteiger partial charge in [0.1, 0.15) is 0 Å². The SMILES string of the molecule is CC(O)(CNC(=O)N1CC=C(C(C)(C)C)CC1)CC(=O)O. The number of aliphatic hydroxyl groups is 1. The van der Waals surface area contributed by atoms with Crippen LogP contribution in [0.5, 0.6) is 0 Å². The minimum absolute atomic E-state index is 0.0789. The van der Waals surface area contributed by atoms with Crippen LogP contribution in [-0.2, 0) is 4.79 Å². The van der Waals surface area contributed by atoms with Crippen LogP contribution in [0.1, 0.15) is 40.5 Å². The molecule has 2 amide bonds. The molecule has 1 aliphatic rings. The van der Waals surface area contributed by atoms with E-state index in [0.717, 1.165) is 6.42 Å². The number of carboxylic acid groups (broad SMARTS) is 1. The van der Waals surface area contributed by atoms with E-state index in [4.69, 9.17) is 5.11 Å². The average Bonchev–Trinajstić information content (AvgIpc) is 2.33. The van der Waals surface area contributed by atoms with Gasteiger partial charge in [0.2, 0.25) is 0 Å². The number of amides is 2. The van der Waals surface area contributed by atoms with Gasteiger partial charge in [0, 0.05) is 19.6 Å². The Balaban J connectivity index is 2.48. The molecule has 120 valence electrons. The van der Waals surface area contributed by atoms with Crippen LogP contribution in [0.3, 0.4) is 0 Å². The van der Waals surface area contributed by atoms with Crippen molar-refractivity contribution in [1.82, 2.24) is 10.2 Å². The molecule has 21 heavy (non-hydrogen) atoms. The van der Waals surface area contributed by atoms with E-state index >= 15 is 0 Å². The molecule has 1 unspecified atom stereocenters. The number of aliphatic carboxylic acids is 1. The number of carbonyl (C=O) groups is 2. The van der Waals surface area contributed by atoms with Crippen molar-refractivity contribution < 1.29 is 19.8 Å². The second kappa shape index (κ2) is 6.47. The summed E-state index contributed by atoms with van der Waals surface area (Å²) in [5.41, 5.74) is 0.0154. The zero-order chi connectivity index (χ0) is 16.3. The van der Waals surface area contributed by atoms with E-state index in [1.54, 1.807) is 4.90 Å². The first kappa shape index (κ1) is 17.5. The van der Waals surface area contributed by atoms with Gasteiger partial charge in [-0.3, -0.25) is 4.79 Å². The Hall–Kier alpha value is -1.56. The van der Waals surface area contributed by atoms with Gasteiger partial charge in [-0.25, -0.2) is 4.79 Å². The molecule has 0 saturated carbocycles. The first-order valence-corrected chi connectivity index (χ1v) is 7.18. The molecule has 0 bridgehead atoms. The van der Waals surface area contributed by atoms with Crippen LogP contribution in [0.25, 0.3) is 0 Å². The molecule has 0 aliphatic carbocycles. The van der Waals surface area contributed by atoms with Gasteiger partial charge in [0.25, 0.3) is 0 Å². The van der Waals surface area contributed by atoms with E-state index in [-0.39, 0.29) is 18.0 Å². The molecule has 6 nitrogen and oxygen atoms in total. The summed E-state index contributed by atoms with van der Waals surface area (Å²) in [7, 11) is 0. The van der Waals surface area contributed by atoms with E-state index in [1.165, 1.54) is 12.5 Å². The van der Waals surface area contributed by atoms with Crippen molar-refractivity contribution in [2.24, 2.45) is 5.41 Å². The minimum atomic E-state index is -1.44. The number of hydrogen-bond donors (Lipinski definition) is 3. The largest absolute Gasteiger partial charge is 0.481 e. The summed E-state index contributed by atoms with van der Waals surface area (Å²) >= 11 is 0. The van der Waals surface area contributed by atoms with E-state index in [1.807, 2.05) is 0 Å². The molecule has 1 atom stereocenters. The lowest BCUT2D eigenvalue weighted by Crippen LogP contribution is -2.48. The molecule has 1 rings (SSSR count). The predicted octanol–water partition coefficient (Wildman–Crippen LogP) is 1.60. The van der Waals surface area contributed by atoms with Crippen LogP contribution in [0.4, 0.5) is 4.79 Å². The summed E-state index contributed by atoms with van der Waals surface area (Å²) in [5, 5.41) is 21.1. The highest BCUT2D eigenvalue weighted by Gasteiger charge is 2.27. The lowest BCUT2D eigenvalue weighted by molar-refractivity contribution is -0.141. The van der Waals surface area contributed by atoms with Gasteiger partial charge in [0.05, 0.1) is 12.0 Å². The van der Waals surface area contributed by atoms with Crippen LogP contribution in [0, 0.1) is 5.41 Å². The van der Waals surface area contributed by atoms with E-state index in [2.05, 4.69) is 32.2 Å². The van der Waals surface area contributed by atoms with Crippen LogP contribution in [0.2, 0.25) is 0 Å². The van der Waals surface area contributed by atoms with Gasteiger partial charge in [-0.05, 0) is 18.8 Å². The molecule has 6 heteroatoms. The molecule has 1 heterocycles. The van der Waals surface area contributed by atoms with Gasteiger partial charge >= 0.3 is 12.0 Å².